The molecule has 2 atom stereocenters. The molecule has 1 fully saturated rings. The number of anilines is 1. The molecule has 2 rings (SSSR count). The number of nitrogens with one attached hydrogen (secondary N) is 1. The predicted molar refractivity (Wildman–Crippen MR) is 72.7 cm³/mol. The van der Waals surface area contributed by atoms with E-state index < -0.39 is 0 Å². The number of carbonyl (C=O) groups is 1. The molecule has 1 heterocycles. The van der Waals surface area contributed by atoms with Crippen molar-refractivity contribution in [2.75, 3.05) is 5.32 Å². The summed E-state index contributed by atoms with van der Waals surface area (Å²) in [5.41, 5.74) is 6.65. The molecule has 1 saturated carbocycles. The number of aromatic nitrogens is 1. The topological polar surface area (TPSA) is 68.0 Å². The van der Waals surface area contributed by atoms with Gasteiger partial charge in [-0.05, 0) is 25.0 Å². The Hall–Kier alpha value is -0.840. The summed E-state index contributed by atoms with van der Waals surface area (Å²) in [6, 6.07) is 3.57. The average molecular weight is 278 g/mol. The van der Waals surface area contributed by atoms with Crippen molar-refractivity contribution in [3.05, 3.63) is 24.5 Å². The molecule has 1 aliphatic rings. The maximum atomic E-state index is 11.8. The van der Waals surface area contributed by atoms with Crippen LogP contribution in [0.4, 0.5) is 5.69 Å². The van der Waals surface area contributed by atoms with E-state index in [1.807, 2.05) is 0 Å². The fourth-order valence-electron chi connectivity index (χ4n) is 1.98. The van der Waals surface area contributed by atoms with Crippen LogP contribution < -0.4 is 11.1 Å². The Kier molecular flexibility index (Phi) is 7.11. The molecule has 0 radical (unpaired) electrons. The van der Waals surface area contributed by atoms with E-state index >= 15 is 0 Å². The number of nitrogens with two attached hydrogens (primary N) is 1. The van der Waals surface area contributed by atoms with Gasteiger partial charge in [0.05, 0.1) is 5.92 Å². The maximum Gasteiger partial charge on any atom is 0.229 e. The Morgan fingerprint density at radius 1 is 1.29 bits per heavy atom. The molecule has 0 bridgehead atoms. The van der Waals surface area contributed by atoms with E-state index in [0.717, 1.165) is 24.9 Å². The van der Waals surface area contributed by atoms with Gasteiger partial charge >= 0.3 is 0 Å². The van der Waals surface area contributed by atoms with Crippen molar-refractivity contribution in [2.24, 2.45) is 11.7 Å². The number of amides is 1. The minimum Gasteiger partial charge on any atom is -0.327 e. The molecular formula is C11H17Cl2N3O. The van der Waals surface area contributed by atoms with Gasteiger partial charge < -0.3 is 11.1 Å². The summed E-state index contributed by atoms with van der Waals surface area (Å²) in [7, 11) is 0. The quantitative estimate of drug-likeness (QED) is 0.869. The van der Waals surface area contributed by atoms with Gasteiger partial charge in [0.1, 0.15) is 0 Å². The summed E-state index contributed by atoms with van der Waals surface area (Å²) in [6.45, 7) is 0. The zero-order chi connectivity index (χ0) is 10.7. The highest BCUT2D eigenvalue weighted by Gasteiger charge is 2.30. The van der Waals surface area contributed by atoms with Crippen molar-refractivity contribution in [3.63, 3.8) is 0 Å². The third kappa shape index (κ3) is 4.15. The van der Waals surface area contributed by atoms with Gasteiger partial charge in [-0.25, -0.2) is 0 Å². The molecule has 1 aromatic rings. The lowest BCUT2D eigenvalue weighted by Crippen LogP contribution is -2.34. The van der Waals surface area contributed by atoms with Crippen molar-refractivity contribution in [2.45, 2.75) is 25.3 Å². The molecule has 0 aromatic carbocycles. The molecule has 17 heavy (non-hydrogen) atoms. The Labute approximate surface area is 113 Å². The van der Waals surface area contributed by atoms with Gasteiger partial charge in [-0.1, -0.05) is 6.42 Å². The smallest absolute Gasteiger partial charge is 0.229 e. The first-order valence-electron chi connectivity index (χ1n) is 5.24. The van der Waals surface area contributed by atoms with Crippen molar-refractivity contribution < 1.29 is 4.79 Å². The van der Waals surface area contributed by atoms with Crippen molar-refractivity contribution >= 4 is 36.4 Å². The number of rotatable bonds is 2. The molecule has 2 unspecified atom stereocenters. The Balaban J connectivity index is 0.00000128. The number of nitrogens with zero attached hydrogens (tertiary/aromatic N) is 1. The van der Waals surface area contributed by atoms with Crippen LogP contribution in [0.25, 0.3) is 0 Å². The SMILES string of the molecule is Cl.Cl.NC1CCCC1C(=O)Nc1ccncc1. The number of carbonyl (C=O) groups excluding carboxylic acids is 1. The van der Waals surface area contributed by atoms with Gasteiger partial charge in [0, 0.05) is 24.1 Å². The lowest BCUT2D eigenvalue weighted by Gasteiger charge is -2.14. The van der Waals surface area contributed by atoms with E-state index in [9.17, 15) is 4.79 Å². The molecule has 1 aliphatic carbocycles. The monoisotopic (exact) mass is 277 g/mol. The second kappa shape index (κ2) is 7.48. The summed E-state index contributed by atoms with van der Waals surface area (Å²) >= 11 is 0. The van der Waals surface area contributed by atoms with Gasteiger partial charge in [-0.3, -0.25) is 9.78 Å². The van der Waals surface area contributed by atoms with E-state index in [2.05, 4.69) is 10.3 Å². The van der Waals surface area contributed by atoms with Crippen LogP contribution in [0.5, 0.6) is 0 Å². The largest absolute Gasteiger partial charge is 0.327 e. The number of hydrogen-bond donors (Lipinski definition) is 2. The van der Waals surface area contributed by atoms with E-state index in [1.165, 1.54) is 0 Å². The first-order valence-corrected chi connectivity index (χ1v) is 5.24. The van der Waals surface area contributed by atoms with Crippen LogP contribution >= 0.6 is 24.8 Å². The van der Waals surface area contributed by atoms with Gasteiger partial charge in [0.15, 0.2) is 0 Å². The zero-order valence-electron chi connectivity index (χ0n) is 9.33. The maximum absolute atomic E-state index is 11.8. The van der Waals surface area contributed by atoms with E-state index in [0.29, 0.717) is 0 Å². The molecule has 1 aromatic heterocycles. The zero-order valence-corrected chi connectivity index (χ0v) is 11.0. The average Bonchev–Trinajstić information content (AvgIpc) is 2.66. The van der Waals surface area contributed by atoms with Crippen LogP contribution in [-0.2, 0) is 4.79 Å². The summed E-state index contributed by atoms with van der Waals surface area (Å²) in [4.78, 5) is 15.7. The van der Waals surface area contributed by atoms with Crippen LogP contribution in [0.2, 0.25) is 0 Å². The molecule has 3 N–H and O–H groups in total. The molecule has 6 heteroatoms. The standard InChI is InChI=1S/C11H15N3O.2ClH/c12-10-3-1-2-9(10)11(15)14-8-4-6-13-7-5-8;;/h4-7,9-10H,1-3,12H2,(H,13,14,15);2*1H. The molecule has 96 valence electrons. The third-order valence-electron chi connectivity index (χ3n) is 2.85. The Bertz CT molecular complexity index is 348. The highest BCUT2D eigenvalue weighted by atomic mass is 35.5. The summed E-state index contributed by atoms with van der Waals surface area (Å²) < 4.78 is 0. The molecule has 0 saturated heterocycles. The highest BCUT2D eigenvalue weighted by Crippen LogP contribution is 2.25. The van der Waals surface area contributed by atoms with Gasteiger partial charge in [-0.2, -0.15) is 0 Å². The Morgan fingerprint density at radius 3 is 2.47 bits per heavy atom. The van der Waals surface area contributed by atoms with E-state index in [-0.39, 0.29) is 42.7 Å². The lowest BCUT2D eigenvalue weighted by atomic mass is 10.0. The first kappa shape index (κ1) is 16.2. The van der Waals surface area contributed by atoms with Gasteiger partial charge in [0.2, 0.25) is 5.91 Å². The summed E-state index contributed by atoms with van der Waals surface area (Å²) in [6.07, 6.45) is 6.22. The summed E-state index contributed by atoms with van der Waals surface area (Å²) in [5.74, 6) is 0.00404. The Morgan fingerprint density at radius 2 is 1.94 bits per heavy atom. The fraction of sp³-hybridized carbons (Fsp3) is 0.455. The van der Waals surface area contributed by atoms with Crippen molar-refractivity contribution in [1.29, 1.82) is 0 Å². The molecular weight excluding hydrogens is 261 g/mol. The lowest BCUT2D eigenvalue weighted by molar-refractivity contribution is -0.120. The van der Waals surface area contributed by atoms with Crippen LogP contribution in [0.3, 0.4) is 0 Å². The second-order valence-electron chi connectivity index (χ2n) is 3.93. The minimum atomic E-state index is -0.0295. The predicted octanol–water partition coefficient (Wildman–Crippen LogP) is 1.99. The van der Waals surface area contributed by atoms with Crippen LogP contribution in [0, 0.1) is 5.92 Å². The van der Waals surface area contributed by atoms with Crippen LogP contribution in [-0.4, -0.2) is 16.9 Å². The first-order chi connectivity index (χ1) is 7.27. The normalized spacial score (nSPS) is 22.2. The van der Waals surface area contributed by atoms with Crippen LogP contribution in [0.15, 0.2) is 24.5 Å². The molecule has 0 spiro atoms. The van der Waals surface area contributed by atoms with Crippen LogP contribution in [0.1, 0.15) is 19.3 Å². The van der Waals surface area contributed by atoms with Crippen molar-refractivity contribution in [1.82, 2.24) is 4.98 Å². The van der Waals surface area contributed by atoms with Gasteiger partial charge in [-0.15, -0.1) is 24.8 Å². The minimum absolute atomic E-state index is 0. The molecule has 0 aliphatic heterocycles. The number of halogens is 2. The van der Waals surface area contributed by atoms with E-state index in [1.54, 1.807) is 24.5 Å². The van der Waals surface area contributed by atoms with Gasteiger partial charge in [0.25, 0.3) is 0 Å². The van der Waals surface area contributed by atoms with Crippen molar-refractivity contribution in [3.8, 4) is 0 Å². The number of hydrogen-bond acceptors (Lipinski definition) is 3. The third-order valence-corrected chi connectivity index (χ3v) is 2.85. The molecule has 4 nitrogen and oxygen atoms in total. The highest BCUT2D eigenvalue weighted by molar-refractivity contribution is 5.93. The number of pyridine rings is 1. The molecule has 1 amide bonds. The summed E-state index contributed by atoms with van der Waals surface area (Å²) in [5, 5.41) is 2.86. The second-order valence-corrected chi connectivity index (χ2v) is 3.93. The fourth-order valence-corrected chi connectivity index (χ4v) is 1.98. The van der Waals surface area contributed by atoms with E-state index in [4.69, 9.17) is 5.73 Å².